The molecule has 144 valence electrons. The molecule has 0 bridgehead atoms. The van der Waals surface area contributed by atoms with Crippen LogP contribution in [0.5, 0.6) is 0 Å². The molecule has 8 heteroatoms. The van der Waals surface area contributed by atoms with E-state index in [-0.39, 0.29) is 24.7 Å². The predicted molar refractivity (Wildman–Crippen MR) is 89.0 cm³/mol. The summed E-state index contributed by atoms with van der Waals surface area (Å²) in [4.78, 5) is 14.1. The zero-order chi connectivity index (χ0) is 18.9. The number of nitrogens with zero attached hydrogens (tertiary/aromatic N) is 3. The molecule has 0 saturated carbocycles. The molecule has 1 unspecified atom stereocenters. The van der Waals surface area contributed by atoms with Gasteiger partial charge in [-0.1, -0.05) is 0 Å². The van der Waals surface area contributed by atoms with Crippen molar-refractivity contribution in [1.82, 2.24) is 14.7 Å². The Morgan fingerprint density at radius 1 is 1.35 bits per heavy atom. The first-order valence-electron chi connectivity index (χ1n) is 9.10. The van der Waals surface area contributed by atoms with Crippen molar-refractivity contribution in [3.8, 4) is 0 Å². The summed E-state index contributed by atoms with van der Waals surface area (Å²) < 4.78 is 42.1. The maximum absolute atomic E-state index is 14.9. The minimum absolute atomic E-state index is 0.0552. The molecule has 6 nitrogen and oxygen atoms in total. The van der Waals surface area contributed by atoms with Gasteiger partial charge in [-0.15, -0.1) is 0 Å². The van der Waals surface area contributed by atoms with Crippen molar-refractivity contribution < 1.29 is 23.0 Å². The number of fused-ring (bicyclic) bond motifs is 3. The first-order chi connectivity index (χ1) is 12.0. The highest BCUT2D eigenvalue weighted by atomic mass is 19.3. The van der Waals surface area contributed by atoms with Crippen molar-refractivity contribution >= 4 is 6.09 Å². The number of halogens is 2. The van der Waals surface area contributed by atoms with Gasteiger partial charge in [0.2, 0.25) is 0 Å². The van der Waals surface area contributed by atoms with Crippen LogP contribution in [0, 0.1) is 0 Å². The lowest BCUT2D eigenvalue weighted by atomic mass is 9.96. The topological polar surface area (TPSA) is 59.9 Å². The van der Waals surface area contributed by atoms with Crippen LogP contribution < -0.4 is 0 Å². The molecule has 2 atom stereocenters. The van der Waals surface area contributed by atoms with Gasteiger partial charge in [0, 0.05) is 24.4 Å². The molecule has 0 N–H and O–H groups in total. The smallest absolute Gasteiger partial charge is 0.410 e. The summed E-state index contributed by atoms with van der Waals surface area (Å²) in [5.74, 6) is -2.98. The van der Waals surface area contributed by atoms with Gasteiger partial charge >= 0.3 is 6.09 Å². The van der Waals surface area contributed by atoms with E-state index in [4.69, 9.17) is 9.47 Å². The van der Waals surface area contributed by atoms with Crippen LogP contribution in [0.1, 0.15) is 57.5 Å². The zero-order valence-corrected chi connectivity index (χ0v) is 15.6. The van der Waals surface area contributed by atoms with E-state index in [0.717, 1.165) is 0 Å². The largest absolute Gasteiger partial charge is 0.444 e. The van der Waals surface area contributed by atoms with E-state index in [0.29, 0.717) is 37.3 Å². The van der Waals surface area contributed by atoms with Crippen LogP contribution in [-0.4, -0.2) is 44.6 Å². The molecule has 3 aliphatic heterocycles. The van der Waals surface area contributed by atoms with Gasteiger partial charge in [-0.3, -0.25) is 4.68 Å². The first kappa shape index (κ1) is 17.7. The lowest BCUT2D eigenvalue weighted by Crippen LogP contribution is -2.45. The zero-order valence-electron chi connectivity index (χ0n) is 15.6. The van der Waals surface area contributed by atoms with E-state index in [2.05, 4.69) is 5.10 Å². The van der Waals surface area contributed by atoms with E-state index in [9.17, 15) is 13.6 Å². The van der Waals surface area contributed by atoms with Crippen LogP contribution in [0.2, 0.25) is 0 Å². The average molecular weight is 369 g/mol. The fraction of sp³-hybridized carbons (Fsp3) is 0.778. The second-order valence-electron chi connectivity index (χ2n) is 8.77. The maximum atomic E-state index is 14.9. The van der Waals surface area contributed by atoms with E-state index >= 15 is 0 Å². The Hall–Kier alpha value is -1.70. The van der Waals surface area contributed by atoms with Gasteiger partial charge in [0.25, 0.3) is 5.92 Å². The monoisotopic (exact) mass is 369 g/mol. The molecule has 1 saturated heterocycles. The normalized spacial score (nSPS) is 29.8. The number of hydrogen-bond donors (Lipinski definition) is 0. The maximum Gasteiger partial charge on any atom is 0.410 e. The summed E-state index contributed by atoms with van der Waals surface area (Å²) >= 11 is 0. The molecule has 0 aliphatic carbocycles. The second-order valence-corrected chi connectivity index (χ2v) is 8.77. The number of amides is 1. The number of aromatic nitrogens is 2. The van der Waals surface area contributed by atoms with Gasteiger partial charge in [0.15, 0.2) is 0 Å². The number of carbonyl (C=O) groups excluding carboxylic acids is 1. The number of epoxide rings is 1. The van der Waals surface area contributed by atoms with Gasteiger partial charge in [-0.05, 0) is 34.1 Å². The fourth-order valence-electron chi connectivity index (χ4n) is 3.88. The second kappa shape index (κ2) is 5.41. The summed E-state index contributed by atoms with van der Waals surface area (Å²) in [6.07, 6.45) is 0.0326. The van der Waals surface area contributed by atoms with Crippen molar-refractivity contribution in [2.45, 2.75) is 83.2 Å². The molecule has 0 aromatic carbocycles. The molecular weight excluding hydrogens is 344 g/mol. The van der Waals surface area contributed by atoms with E-state index in [1.54, 1.807) is 20.8 Å². The van der Waals surface area contributed by atoms with Crippen molar-refractivity contribution in [2.75, 3.05) is 6.61 Å². The van der Waals surface area contributed by atoms with E-state index < -0.39 is 23.2 Å². The molecule has 26 heavy (non-hydrogen) atoms. The van der Waals surface area contributed by atoms with Gasteiger partial charge in [-0.25, -0.2) is 4.79 Å². The van der Waals surface area contributed by atoms with Crippen molar-refractivity contribution in [2.24, 2.45) is 0 Å². The summed E-state index contributed by atoms with van der Waals surface area (Å²) in [5.41, 5.74) is -0.0477. The third kappa shape index (κ3) is 2.98. The molecule has 4 rings (SSSR count). The lowest BCUT2D eigenvalue weighted by molar-refractivity contribution is -0.0238. The van der Waals surface area contributed by atoms with Crippen molar-refractivity contribution in [3.05, 3.63) is 17.0 Å². The quantitative estimate of drug-likeness (QED) is 0.659. The third-order valence-corrected chi connectivity index (χ3v) is 5.34. The molecule has 4 heterocycles. The summed E-state index contributed by atoms with van der Waals surface area (Å²) in [5, 5.41) is 4.48. The molecule has 3 aliphatic rings. The number of alkyl halides is 2. The summed E-state index contributed by atoms with van der Waals surface area (Å²) in [6.45, 7) is 8.23. The fourth-order valence-corrected chi connectivity index (χ4v) is 3.88. The van der Waals surface area contributed by atoms with Crippen LogP contribution in [0.4, 0.5) is 13.6 Å². The minimum atomic E-state index is -2.98. The highest BCUT2D eigenvalue weighted by Crippen LogP contribution is 2.47. The SMILES string of the molecule is C[C@@H]1Cc2nn3c(c2CN1C(=O)OC(C)(C)C)C(F)(F)CCC1(CO1)C3. The molecule has 1 amide bonds. The Labute approximate surface area is 151 Å². The third-order valence-electron chi connectivity index (χ3n) is 5.34. The summed E-state index contributed by atoms with van der Waals surface area (Å²) in [7, 11) is 0. The Bertz CT molecular complexity index is 750. The van der Waals surface area contributed by atoms with Gasteiger partial charge in [0.1, 0.15) is 16.9 Å². The number of hydrogen-bond acceptors (Lipinski definition) is 4. The van der Waals surface area contributed by atoms with Crippen LogP contribution >= 0.6 is 0 Å². The van der Waals surface area contributed by atoms with E-state index in [1.807, 2.05) is 6.92 Å². The minimum Gasteiger partial charge on any atom is -0.444 e. The lowest BCUT2D eigenvalue weighted by Gasteiger charge is -2.35. The number of carbonyl (C=O) groups is 1. The molecule has 1 aromatic heterocycles. The molecular formula is C18H25F2N3O3. The van der Waals surface area contributed by atoms with Crippen LogP contribution in [0.3, 0.4) is 0 Å². The number of ether oxygens (including phenoxy) is 2. The Morgan fingerprint density at radius 3 is 2.65 bits per heavy atom. The number of rotatable bonds is 0. The molecule has 1 aromatic rings. The standard InChI is InChI=1S/C18H25F2N3O3/c1-11-7-13-12(8-22(11)15(24)26-16(2,3)4)14-18(19,20)6-5-17(10-25-17)9-23(14)21-13/h11H,5-10H2,1-4H3/t11-,17?/m1/s1. The average Bonchev–Trinajstić information content (AvgIpc) is 3.17. The predicted octanol–water partition coefficient (Wildman–Crippen LogP) is 3.22. The highest BCUT2D eigenvalue weighted by molar-refractivity contribution is 5.69. The van der Waals surface area contributed by atoms with Crippen LogP contribution in [0.25, 0.3) is 0 Å². The van der Waals surface area contributed by atoms with Crippen molar-refractivity contribution in [1.29, 1.82) is 0 Å². The van der Waals surface area contributed by atoms with Crippen molar-refractivity contribution in [3.63, 3.8) is 0 Å². The van der Waals surface area contributed by atoms with Gasteiger partial charge < -0.3 is 14.4 Å². The van der Waals surface area contributed by atoms with Crippen LogP contribution in [0.15, 0.2) is 0 Å². The Kier molecular flexibility index (Phi) is 3.68. The first-order valence-corrected chi connectivity index (χ1v) is 9.10. The van der Waals surface area contributed by atoms with Gasteiger partial charge in [0.05, 0.1) is 25.4 Å². The molecule has 1 spiro atoms. The van der Waals surface area contributed by atoms with E-state index in [1.165, 1.54) is 9.58 Å². The summed E-state index contributed by atoms with van der Waals surface area (Å²) in [6, 6.07) is -0.156. The Morgan fingerprint density at radius 2 is 2.04 bits per heavy atom. The molecule has 1 fully saturated rings. The van der Waals surface area contributed by atoms with Crippen LogP contribution in [-0.2, 0) is 34.9 Å². The van der Waals surface area contributed by atoms with Gasteiger partial charge in [-0.2, -0.15) is 13.9 Å². The highest BCUT2D eigenvalue weighted by Gasteiger charge is 2.54. The Balaban J connectivity index is 1.68. The molecule has 0 radical (unpaired) electrons.